The molecule has 150 valence electrons. The number of benzene rings is 2. The Labute approximate surface area is 200 Å². The van der Waals surface area contributed by atoms with Crippen LogP contribution in [0.15, 0.2) is 78.6 Å². The Hall–Kier alpha value is -1.91. The maximum atomic E-state index is 12.8. The third-order valence-electron chi connectivity index (χ3n) is 4.12. The van der Waals surface area contributed by atoms with Crippen LogP contribution in [0.5, 0.6) is 0 Å². The smallest absolute Gasteiger partial charge is 0.854 e. The second kappa shape index (κ2) is 10.4. The summed E-state index contributed by atoms with van der Waals surface area (Å²) >= 11 is 5.98. The minimum absolute atomic E-state index is 0. The molecule has 0 amide bonds. The molecule has 1 N–H and O–H groups in total. The minimum atomic E-state index is -4.49. The molecular weight excluding hydrogens is 639 g/mol. The van der Waals surface area contributed by atoms with Gasteiger partial charge in [0.2, 0.25) is 0 Å². The Morgan fingerprint density at radius 2 is 1.77 bits per heavy atom. The van der Waals surface area contributed by atoms with Crippen LogP contribution in [0, 0.1) is 37.2 Å². The standard InChI is InChI=1S/C22H14ClF3N2O.U/c23-18-5-1-3-14(11-18)12-19(21(29)16-4-2-10-28-13-16)20(27)15-6-8-17(9-7-15)22(24,25)26;/h1-11,13,21,29H;/q-2;+2. The van der Waals surface area contributed by atoms with Gasteiger partial charge in [-0.25, -0.2) is 5.71 Å². The van der Waals surface area contributed by atoms with Crippen molar-refractivity contribution in [2.45, 2.75) is 12.3 Å². The third-order valence-corrected chi connectivity index (χ3v) is 4.35. The fourth-order valence-electron chi connectivity index (χ4n) is 2.66. The van der Waals surface area contributed by atoms with E-state index in [0.717, 1.165) is 24.3 Å². The fraction of sp³-hybridized carbons (Fsp3) is 0.0909. The van der Waals surface area contributed by atoms with Gasteiger partial charge in [-0.3, -0.25) is 4.98 Å². The van der Waals surface area contributed by atoms with Gasteiger partial charge in [0.05, 0.1) is 11.7 Å². The van der Waals surface area contributed by atoms with Crippen LogP contribution in [-0.2, 0) is 6.18 Å². The molecular formula is C22H14ClF3N2OU. The van der Waals surface area contributed by atoms with Crippen molar-refractivity contribution in [3.8, 4) is 0 Å². The monoisotopic (exact) mass is 652 g/mol. The van der Waals surface area contributed by atoms with Crippen LogP contribution in [0.2, 0.25) is 5.02 Å². The molecule has 0 fully saturated rings. The van der Waals surface area contributed by atoms with Gasteiger partial charge in [-0.05, 0) is 11.1 Å². The fourth-order valence-corrected chi connectivity index (χ4v) is 2.85. The van der Waals surface area contributed by atoms with E-state index in [9.17, 15) is 23.7 Å². The number of aliphatic hydroxyl groups excluding tert-OH is 1. The van der Waals surface area contributed by atoms with Crippen molar-refractivity contribution in [2.24, 2.45) is 0 Å². The minimum Gasteiger partial charge on any atom is -0.854 e. The van der Waals surface area contributed by atoms with Gasteiger partial charge in [-0.15, -0.1) is 35.4 Å². The Morgan fingerprint density at radius 3 is 2.33 bits per heavy atom. The predicted octanol–water partition coefficient (Wildman–Crippen LogP) is 5.62. The first-order chi connectivity index (χ1) is 13.8. The summed E-state index contributed by atoms with van der Waals surface area (Å²) in [4.78, 5) is 3.94. The number of alkyl halides is 3. The number of hydrogen-bond acceptors (Lipinski definition) is 2. The van der Waals surface area contributed by atoms with Crippen LogP contribution < -0.4 is 0 Å². The molecule has 0 spiro atoms. The van der Waals surface area contributed by atoms with E-state index in [4.69, 9.17) is 11.6 Å². The van der Waals surface area contributed by atoms with Crippen molar-refractivity contribution in [1.29, 1.82) is 0 Å². The zero-order valence-corrected chi connectivity index (χ0v) is 20.3. The molecule has 1 unspecified atom stereocenters. The maximum absolute atomic E-state index is 12.8. The molecule has 1 heterocycles. The number of hydrogen-bond donors (Lipinski definition) is 1. The summed E-state index contributed by atoms with van der Waals surface area (Å²) in [5, 5.41) is 22.0. The summed E-state index contributed by atoms with van der Waals surface area (Å²) < 4.78 is 38.4. The van der Waals surface area contributed by atoms with Crippen LogP contribution in [0.1, 0.15) is 28.4 Å². The molecule has 0 aliphatic heterocycles. The average molecular weight is 653 g/mol. The van der Waals surface area contributed by atoms with Crippen LogP contribution in [0.4, 0.5) is 13.2 Å². The maximum Gasteiger partial charge on any atom is 2.00 e. The van der Waals surface area contributed by atoms with E-state index in [-0.39, 0.29) is 42.2 Å². The van der Waals surface area contributed by atoms with Crippen molar-refractivity contribution < 1.29 is 49.4 Å². The molecule has 0 saturated carbocycles. The number of rotatable bonds is 5. The summed E-state index contributed by atoms with van der Waals surface area (Å²) in [6, 6.07) is 13.8. The van der Waals surface area contributed by atoms with Gasteiger partial charge in [-0.1, -0.05) is 53.6 Å². The Balaban J connectivity index is 0.00000320. The van der Waals surface area contributed by atoms with E-state index in [1.807, 2.05) is 0 Å². The topological polar surface area (TPSA) is 55.4 Å². The van der Waals surface area contributed by atoms with Crippen molar-refractivity contribution in [2.75, 3.05) is 0 Å². The predicted molar refractivity (Wildman–Crippen MR) is 105 cm³/mol. The molecule has 0 saturated heterocycles. The molecule has 3 rings (SSSR count). The van der Waals surface area contributed by atoms with Gasteiger partial charge in [0.1, 0.15) is 0 Å². The molecule has 1 aromatic heterocycles. The summed E-state index contributed by atoms with van der Waals surface area (Å²) in [6.07, 6.45) is 0.0489. The van der Waals surface area contributed by atoms with Crippen molar-refractivity contribution in [1.82, 2.24) is 4.98 Å². The first-order valence-corrected chi connectivity index (χ1v) is 8.85. The van der Waals surface area contributed by atoms with Gasteiger partial charge in [0.25, 0.3) is 0 Å². The van der Waals surface area contributed by atoms with E-state index in [1.165, 1.54) is 12.4 Å². The molecule has 3 nitrogen and oxygen atoms in total. The van der Waals surface area contributed by atoms with Gasteiger partial charge in [-0.2, -0.15) is 13.2 Å². The van der Waals surface area contributed by atoms with Crippen LogP contribution in [-0.4, -0.2) is 15.8 Å². The normalized spacial score (nSPS) is 12.8. The summed E-state index contributed by atoms with van der Waals surface area (Å²) in [5.41, 5.74) is -0.309. The van der Waals surface area contributed by atoms with E-state index >= 15 is 0 Å². The first kappa shape index (κ1) is 24.4. The summed E-state index contributed by atoms with van der Waals surface area (Å²) in [7, 11) is 0. The molecule has 3 aromatic rings. The molecule has 0 aliphatic carbocycles. The zero-order chi connectivity index (χ0) is 21.0. The second-order valence-electron chi connectivity index (χ2n) is 6.16. The number of pyridine rings is 1. The van der Waals surface area contributed by atoms with Crippen molar-refractivity contribution >= 4 is 17.3 Å². The van der Waals surface area contributed by atoms with E-state index < -0.39 is 23.6 Å². The molecule has 0 radical (unpaired) electrons. The Morgan fingerprint density at radius 1 is 1.07 bits per heavy atom. The summed E-state index contributed by atoms with van der Waals surface area (Å²) in [5.74, 6) is 0. The van der Waals surface area contributed by atoms with Crippen LogP contribution in [0.25, 0.3) is 5.41 Å². The third kappa shape index (κ3) is 6.05. The number of nitrogens with zero attached hydrogens (tertiary/aromatic N) is 2. The van der Waals surface area contributed by atoms with Gasteiger partial charge in [0.15, 0.2) is 0 Å². The number of aromatic nitrogens is 1. The molecule has 0 aliphatic rings. The molecule has 30 heavy (non-hydrogen) atoms. The van der Waals surface area contributed by atoms with Crippen LogP contribution >= 0.6 is 11.6 Å². The second-order valence-corrected chi connectivity index (χ2v) is 6.60. The zero-order valence-electron chi connectivity index (χ0n) is 15.4. The van der Waals surface area contributed by atoms with E-state index in [0.29, 0.717) is 16.1 Å². The first-order valence-electron chi connectivity index (χ1n) is 8.47. The Bertz CT molecular complexity index is 1040. The van der Waals surface area contributed by atoms with E-state index in [2.05, 4.69) is 11.1 Å². The largest absolute Gasteiger partial charge is 2.00 e. The Kier molecular flexibility index (Phi) is 8.45. The number of aliphatic hydroxyl groups is 1. The summed E-state index contributed by atoms with van der Waals surface area (Å²) in [6.45, 7) is 0. The molecule has 0 bridgehead atoms. The molecule has 8 heteroatoms. The number of halogens is 4. The van der Waals surface area contributed by atoms with Gasteiger partial charge in [0, 0.05) is 18.0 Å². The molecule has 2 aromatic carbocycles. The SMILES string of the molecule is [N-]=C(C(=[C-]c1cccc(Cl)c1)C(O)c1cccnc1)c1ccc(C(F)(F)F)cc1.[U+2]. The average Bonchev–Trinajstić information content (AvgIpc) is 2.71. The molecule has 1 atom stereocenters. The van der Waals surface area contributed by atoms with Crippen molar-refractivity contribution in [3.63, 3.8) is 0 Å². The van der Waals surface area contributed by atoms with Crippen molar-refractivity contribution in [3.05, 3.63) is 117 Å². The quantitative estimate of drug-likeness (QED) is 0.287. The van der Waals surface area contributed by atoms with Crippen LogP contribution in [0.3, 0.4) is 0 Å². The van der Waals surface area contributed by atoms with Gasteiger partial charge < -0.3 is 10.5 Å². The van der Waals surface area contributed by atoms with E-state index in [1.54, 1.807) is 36.4 Å². The van der Waals surface area contributed by atoms with Gasteiger partial charge >= 0.3 is 37.3 Å².